The second kappa shape index (κ2) is 6.65. The summed E-state index contributed by atoms with van der Waals surface area (Å²) in [6.07, 6.45) is 1.16. The van der Waals surface area contributed by atoms with E-state index >= 15 is 0 Å². The SMILES string of the molecule is CN(C)S(=O)(=O)CCNC(=O)C1(CN)CCOCC1. The van der Waals surface area contributed by atoms with Crippen molar-refractivity contribution in [3.63, 3.8) is 0 Å². The van der Waals surface area contributed by atoms with E-state index in [9.17, 15) is 13.2 Å². The normalized spacial score (nSPS) is 19.4. The first kappa shape index (κ1) is 16.4. The highest BCUT2D eigenvalue weighted by Crippen LogP contribution is 2.29. The summed E-state index contributed by atoms with van der Waals surface area (Å²) in [7, 11) is -0.350. The Morgan fingerprint density at radius 1 is 1.37 bits per heavy atom. The number of nitrogens with two attached hydrogens (primary N) is 1. The van der Waals surface area contributed by atoms with Crippen molar-refractivity contribution in [2.24, 2.45) is 11.1 Å². The van der Waals surface area contributed by atoms with Crippen molar-refractivity contribution >= 4 is 15.9 Å². The number of hydrogen-bond acceptors (Lipinski definition) is 5. The third kappa shape index (κ3) is 4.13. The first-order valence-corrected chi connectivity index (χ1v) is 7.91. The summed E-state index contributed by atoms with van der Waals surface area (Å²) in [6.45, 7) is 1.38. The Labute approximate surface area is 114 Å². The summed E-state index contributed by atoms with van der Waals surface area (Å²) in [4.78, 5) is 12.2. The van der Waals surface area contributed by atoms with E-state index in [0.717, 1.165) is 4.31 Å². The molecule has 0 bridgehead atoms. The van der Waals surface area contributed by atoms with Crippen molar-refractivity contribution in [1.82, 2.24) is 9.62 Å². The van der Waals surface area contributed by atoms with Crippen LogP contribution < -0.4 is 11.1 Å². The largest absolute Gasteiger partial charge is 0.381 e. The molecule has 1 heterocycles. The Balaban J connectivity index is 2.50. The predicted molar refractivity (Wildman–Crippen MR) is 72.0 cm³/mol. The van der Waals surface area contributed by atoms with Crippen LogP contribution in [0.1, 0.15) is 12.8 Å². The smallest absolute Gasteiger partial charge is 0.227 e. The van der Waals surface area contributed by atoms with Crippen molar-refractivity contribution in [2.45, 2.75) is 12.8 Å². The van der Waals surface area contributed by atoms with Crippen molar-refractivity contribution in [1.29, 1.82) is 0 Å². The van der Waals surface area contributed by atoms with Gasteiger partial charge in [-0.25, -0.2) is 12.7 Å². The minimum atomic E-state index is -3.29. The lowest BCUT2D eigenvalue weighted by molar-refractivity contribution is -0.135. The number of rotatable bonds is 6. The number of ether oxygens (including phenoxy) is 1. The van der Waals surface area contributed by atoms with Gasteiger partial charge < -0.3 is 15.8 Å². The summed E-state index contributed by atoms with van der Waals surface area (Å²) >= 11 is 0. The first-order chi connectivity index (χ1) is 8.84. The molecule has 0 radical (unpaired) electrons. The molecule has 0 unspecified atom stereocenters. The van der Waals surface area contributed by atoms with Gasteiger partial charge in [-0.15, -0.1) is 0 Å². The second-order valence-electron chi connectivity index (χ2n) is 4.95. The van der Waals surface area contributed by atoms with E-state index in [2.05, 4.69) is 5.32 Å². The average Bonchev–Trinajstić information content (AvgIpc) is 2.39. The van der Waals surface area contributed by atoms with Gasteiger partial charge in [-0.05, 0) is 12.8 Å². The van der Waals surface area contributed by atoms with Gasteiger partial charge in [0.2, 0.25) is 15.9 Å². The molecule has 1 aliphatic heterocycles. The summed E-state index contributed by atoms with van der Waals surface area (Å²) in [5, 5.41) is 2.67. The molecule has 112 valence electrons. The summed E-state index contributed by atoms with van der Waals surface area (Å²) in [6, 6.07) is 0. The zero-order valence-electron chi connectivity index (χ0n) is 11.5. The number of nitrogens with zero attached hydrogens (tertiary/aromatic N) is 1. The molecular weight excluding hydrogens is 270 g/mol. The lowest BCUT2D eigenvalue weighted by Crippen LogP contribution is -2.50. The lowest BCUT2D eigenvalue weighted by Gasteiger charge is -2.34. The molecule has 1 rings (SSSR count). The topological polar surface area (TPSA) is 102 Å². The van der Waals surface area contributed by atoms with Crippen molar-refractivity contribution in [3.05, 3.63) is 0 Å². The molecule has 1 amide bonds. The van der Waals surface area contributed by atoms with Crippen LogP contribution in [0.5, 0.6) is 0 Å². The minimum absolute atomic E-state index is 0.0992. The van der Waals surface area contributed by atoms with Crippen LogP contribution in [-0.4, -0.2) is 64.8 Å². The predicted octanol–water partition coefficient (Wildman–Crippen LogP) is -1.25. The van der Waals surface area contributed by atoms with Gasteiger partial charge in [0, 0.05) is 40.4 Å². The van der Waals surface area contributed by atoms with Crippen LogP contribution in [0.15, 0.2) is 0 Å². The number of carbonyl (C=O) groups excluding carboxylic acids is 1. The van der Waals surface area contributed by atoms with Gasteiger partial charge in [0.05, 0.1) is 11.2 Å². The quantitative estimate of drug-likeness (QED) is 0.637. The standard InChI is InChI=1S/C11H23N3O4S/c1-14(2)19(16,17)8-5-13-10(15)11(9-12)3-6-18-7-4-11/h3-9,12H2,1-2H3,(H,13,15). The molecule has 0 aromatic carbocycles. The molecule has 0 spiro atoms. The molecule has 1 aliphatic rings. The molecule has 0 aliphatic carbocycles. The second-order valence-corrected chi connectivity index (χ2v) is 7.25. The molecule has 1 saturated heterocycles. The first-order valence-electron chi connectivity index (χ1n) is 6.30. The van der Waals surface area contributed by atoms with Gasteiger partial charge in [0.15, 0.2) is 0 Å². The Morgan fingerprint density at radius 3 is 2.42 bits per heavy atom. The molecule has 0 atom stereocenters. The summed E-state index contributed by atoms with van der Waals surface area (Å²) in [5.41, 5.74) is 5.09. The Morgan fingerprint density at radius 2 is 1.95 bits per heavy atom. The zero-order valence-corrected chi connectivity index (χ0v) is 12.3. The van der Waals surface area contributed by atoms with Gasteiger partial charge in [-0.3, -0.25) is 4.79 Å². The van der Waals surface area contributed by atoms with Crippen LogP contribution in [0.25, 0.3) is 0 Å². The van der Waals surface area contributed by atoms with Gasteiger partial charge in [-0.2, -0.15) is 0 Å². The maximum Gasteiger partial charge on any atom is 0.227 e. The van der Waals surface area contributed by atoms with E-state index in [-0.39, 0.29) is 24.7 Å². The van der Waals surface area contributed by atoms with Crippen molar-refractivity contribution in [3.8, 4) is 0 Å². The molecule has 1 fully saturated rings. The third-order valence-electron chi connectivity index (χ3n) is 3.52. The fraction of sp³-hybridized carbons (Fsp3) is 0.909. The average molecular weight is 293 g/mol. The van der Waals surface area contributed by atoms with Gasteiger partial charge in [0.25, 0.3) is 0 Å². The monoisotopic (exact) mass is 293 g/mol. The summed E-state index contributed by atoms with van der Waals surface area (Å²) < 4.78 is 29.5. The van der Waals surface area contributed by atoms with E-state index in [1.807, 2.05) is 0 Å². The Kier molecular flexibility index (Phi) is 5.72. The van der Waals surface area contributed by atoms with E-state index < -0.39 is 15.4 Å². The van der Waals surface area contributed by atoms with E-state index in [1.54, 1.807) is 0 Å². The highest BCUT2D eigenvalue weighted by molar-refractivity contribution is 7.89. The van der Waals surface area contributed by atoms with Crippen LogP contribution in [0.2, 0.25) is 0 Å². The highest BCUT2D eigenvalue weighted by Gasteiger charge is 2.38. The molecule has 19 heavy (non-hydrogen) atoms. The fourth-order valence-corrected chi connectivity index (χ4v) is 2.67. The van der Waals surface area contributed by atoms with Crippen molar-refractivity contribution < 1.29 is 17.9 Å². The van der Waals surface area contributed by atoms with Crippen LogP contribution in [-0.2, 0) is 19.6 Å². The third-order valence-corrected chi connectivity index (χ3v) is 5.36. The van der Waals surface area contributed by atoms with E-state index in [4.69, 9.17) is 10.5 Å². The summed E-state index contributed by atoms with van der Waals surface area (Å²) in [5.74, 6) is -0.282. The number of sulfonamides is 1. The van der Waals surface area contributed by atoms with Crippen LogP contribution in [0, 0.1) is 5.41 Å². The van der Waals surface area contributed by atoms with Gasteiger partial charge in [0.1, 0.15) is 0 Å². The lowest BCUT2D eigenvalue weighted by atomic mass is 9.79. The molecule has 7 nitrogen and oxygen atoms in total. The number of nitrogens with one attached hydrogen (secondary N) is 1. The van der Waals surface area contributed by atoms with Crippen LogP contribution in [0.3, 0.4) is 0 Å². The molecule has 3 N–H and O–H groups in total. The molecular formula is C11H23N3O4S. The van der Waals surface area contributed by atoms with E-state index in [0.29, 0.717) is 26.1 Å². The van der Waals surface area contributed by atoms with Crippen LogP contribution in [0.4, 0.5) is 0 Å². The zero-order chi connectivity index (χ0) is 14.5. The maximum absolute atomic E-state index is 12.2. The number of carbonyl (C=O) groups is 1. The van der Waals surface area contributed by atoms with Crippen LogP contribution >= 0.6 is 0 Å². The minimum Gasteiger partial charge on any atom is -0.381 e. The number of amides is 1. The van der Waals surface area contributed by atoms with E-state index in [1.165, 1.54) is 14.1 Å². The molecule has 0 saturated carbocycles. The molecule has 0 aromatic rings. The highest BCUT2D eigenvalue weighted by atomic mass is 32.2. The Hall–Kier alpha value is -0.700. The van der Waals surface area contributed by atoms with Gasteiger partial charge >= 0.3 is 0 Å². The van der Waals surface area contributed by atoms with Crippen molar-refractivity contribution in [2.75, 3.05) is 46.2 Å². The molecule has 0 aromatic heterocycles. The van der Waals surface area contributed by atoms with Gasteiger partial charge in [-0.1, -0.05) is 0 Å². The number of hydrogen-bond donors (Lipinski definition) is 2. The fourth-order valence-electron chi connectivity index (χ4n) is 1.95. The molecule has 8 heteroatoms. The Bertz CT molecular complexity index is 402. The maximum atomic E-state index is 12.2.